The zero-order chi connectivity index (χ0) is 21.7. The minimum atomic E-state index is -0.665. The van der Waals surface area contributed by atoms with Gasteiger partial charge in [0, 0.05) is 31.8 Å². The summed E-state index contributed by atoms with van der Waals surface area (Å²) < 4.78 is 22.6. The van der Waals surface area contributed by atoms with Crippen molar-refractivity contribution in [1.29, 1.82) is 0 Å². The van der Waals surface area contributed by atoms with Crippen LogP contribution in [0.1, 0.15) is 44.2 Å². The van der Waals surface area contributed by atoms with Crippen molar-refractivity contribution in [3.05, 3.63) is 38.3 Å². The maximum absolute atomic E-state index is 15.3. The van der Waals surface area contributed by atoms with Crippen LogP contribution in [0.25, 0.3) is 10.9 Å². The van der Waals surface area contributed by atoms with E-state index in [-0.39, 0.29) is 17.7 Å². The SMILES string of the molecule is CO[C@@H](N)CC[C@H]1CN(c2c(F)cc3c(=O)n(N)c(=O)n(C4CC4)c3c2C)C[C@@H]1C. The number of ether oxygens (including phenoxy) is 1. The summed E-state index contributed by atoms with van der Waals surface area (Å²) in [6, 6.07) is 1.24. The summed E-state index contributed by atoms with van der Waals surface area (Å²) in [6.45, 7) is 5.35. The highest BCUT2D eigenvalue weighted by Crippen LogP contribution is 2.40. The van der Waals surface area contributed by atoms with Gasteiger partial charge in [-0.2, -0.15) is 4.68 Å². The number of nitrogens with zero attached hydrogens (tertiary/aromatic N) is 3. The smallest absolute Gasteiger partial charge is 0.350 e. The van der Waals surface area contributed by atoms with Crippen molar-refractivity contribution in [3.8, 4) is 0 Å². The van der Waals surface area contributed by atoms with E-state index < -0.39 is 17.1 Å². The molecule has 2 heterocycles. The number of methoxy groups -OCH3 is 1. The van der Waals surface area contributed by atoms with E-state index in [9.17, 15) is 9.59 Å². The van der Waals surface area contributed by atoms with E-state index in [0.29, 0.717) is 46.4 Å². The summed E-state index contributed by atoms with van der Waals surface area (Å²) in [4.78, 5) is 27.3. The Morgan fingerprint density at radius 2 is 2.00 bits per heavy atom. The van der Waals surface area contributed by atoms with Crippen LogP contribution in [-0.4, -0.2) is 35.7 Å². The Kier molecular flexibility index (Phi) is 5.36. The fourth-order valence-electron chi connectivity index (χ4n) is 4.81. The third-order valence-corrected chi connectivity index (χ3v) is 6.69. The summed E-state index contributed by atoms with van der Waals surface area (Å²) in [7, 11) is 1.59. The summed E-state index contributed by atoms with van der Waals surface area (Å²) >= 11 is 0. The van der Waals surface area contributed by atoms with Crippen LogP contribution in [0.4, 0.5) is 10.1 Å². The van der Waals surface area contributed by atoms with Crippen molar-refractivity contribution >= 4 is 16.6 Å². The molecule has 0 amide bonds. The van der Waals surface area contributed by atoms with Crippen molar-refractivity contribution in [2.75, 3.05) is 30.9 Å². The molecule has 164 valence electrons. The Morgan fingerprint density at radius 3 is 2.63 bits per heavy atom. The first kappa shape index (κ1) is 20.9. The molecule has 1 aliphatic carbocycles. The number of anilines is 1. The lowest BCUT2D eigenvalue weighted by atomic mass is 9.93. The topological polar surface area (TPSA) is 109 Å². The molecule has 9 heteroatoms. The van der Waals surface area contributed by atoms with Gasteiger partial charge in [0.25, 0.3) is 5.56 Å². The van der Waals surface area contributed by atoms with Crippen molar-refractivity contribution in [1.82, 2.24) is 9.24 Å². The van der Waals surface area contributed by atoms with Crippen LogP contribution in [0.15, 0.2) is 15.7 Å². The summed E-state index contributed by atoms with van der Waals surface area (Å²) in [5, 5.41) is 0.151. The standard InChI is InChI=1S/C21H30FN5O3/c1-11-9-25(10-13(11)4-7-17(23)30-3)19-12(2)18-15(8-16(19)22)20(28)27(24)21(29)26(18)14-5-6-14/h8,11,13-14,17H,4-7,9-10,23-24H2,1-3H3/t11-,13-,17+/m0/s1. The number of halogens is 1. The molecular formula is C21H30FN5O3. The van der Waals surface area contributed by atoms with Gasteiger partial charge in [0.05, 0.1) is 16.6 Å². The molecular weight excluding hydrogens is 389 g/mol. The largest absolute Gasteiger partial charge is 0.368 e. The molecule has 0 unspecified atom stereocenters. The molecule has 2 aromatic rings. The van der Waals surface area contributed by atoms with Crippen molar-refractivity contribution < 1.29 is 9.13 Å². The molecule has 8 nitrogen and oxygen atoms in total. The lowest BCUT2D eigenvalue weighted by Crippen LogP contribution is -2.44. The lowest BCUT2D eigenvalue weighted by molar-refractivity contribution is 0.0936. The van der Waals surface area contributed by atoms with E-state index in [0.717, 1.165) is 25.7 Å². The third-order valence-electron chi connectivity index (χ3n) is 6.69. The van der Waals surface area contributed by atoms with E-state index in [4.69, 9.17) is 16.3 Å². The minimum Gasteiger partial charge on any atom is -0.368 e. The van der Waals surface area contributed by atoms with Crippen LogP contribution in [0, 0.1) is 24.6 Å². The number of hydrogen-bond donors (Lipinski definition) is 2. The highest BCUT2D eigenvalue weighted by molar-refractivity contribution is 5.87. The van der Waals surface area contributed by atoms with Crippen LogP contribution >= 0.6 is 0 Å². The molecule has 4 rings (SSSR count). The molecule has 1 saturated heterocycles. The Labute approximate surface area is 174 Å². The van der Waals surface area contributed by atoms with Crippen LogP contribution in [0.3, 0.4) is 0 Å². The second-order valence-electron chi connectivity index (χ2n) is 8.78. The molecule has 0 bridgehead atoms. The maximum Gasteiger partial charge on any atom is 0.350 e. The number of rotatable bonds is 6. The Hall–Kier alpha value is -2.39. The fraction of sp³-hybridized carbons (Fsp3) is 0.619. The van der Waals surface area contributed by atoms with Gasteiger partial charge >= 0.3 is 5.69 Å². The van der Waals surface area contributed by atoms with Gasteiger partial charge in [-0.05, 0) is 50.5 Å². The first-order chi connectivity index (χ1) is 14.2. The van der Waals surface area contributed by atoms with Gasteiger partial charge in [-0.3, -0.25) is 9.36 Å². The molecule has 2 aliphatic rings. The van der Waals surface area contributed by atoms with Gasteiger partial charge in [-0.15, -0.1) is 0 Å². The molecule has 1 saturated carbocycles. The van der Waals surface area contributed by atoms with Crippen LogP contribution in [0.2, 0.25) is 0 Å². The first-order valence-corrected chi connectivity index (χ1v) is 10.5. The van der Waals surface area contributed by atoms with Crippen LogP contribution < -0.4 is 27.7 Å². The maximum atomic E-state index is 15.3. The second-order valence-corrected chi connectivity index (χ2v) is 8.78. The summed E-state index contributed by atoms with van der Waals surface area (Å²) in [5.74, 6) is 5.97. The van der Waals surface area contributed by atoms with Crippen molar-refractivity contribution in [3.63, 3.8) is 0 Å². The number of aryl methyl sites for hydroxylation is 1. The van der Waals surface area contributed by atoms with Gasteiger partial charge in [0.2, 0.25) is 0 Å². The predicted molar refractivity (Wildman–Crippen MR) is 115 cm³/mol. The molecule has 1 aliphatic heterocycles. The molecule has 0 radical (unpaired) electrons. The number of benzene rings is 1. The van der Waals surface area contributed by atoms with Crippen molar-refractivity contribution in [2.24, 2.45) is 17.6 Å². The predicted octanol–water partition coefficient (Wildman–Crippen LogP) is 1.44. The second kappa shape index (κ2) is 7.70. The highest BCUT2D eigenvalue weighted by Gasteiger charge is 2.34. The van der Waals surface area contributed by atoms with E-state index in [1.54, 1.807) is 18.6 Å². The molecule has 4 N–H and O–H groups in total. The van der Waals surface area contributed by atoms with Gasteiger partial charge in [0.15, 0.2) is 0 Å². The number of nitrogens with two attached hydrogens (primary N) is 2. The van der Waals surface area contributed by atoms with E-state index >= 15 is 4.39 Å². The fourth-order valence-corrected chi connectivity index (χ4v) is 4.81. The number of aromatic nitrogens is 2. The quantitative estimate of drug-likeness (QED) is 0.542. The van der Waals surface area contributed by atoms with Gasteiger partial charge in [-0.1, -0.05) is 6.92 Å². The van der Waals surface area contributed by atoms with Gasteiger partial charge in [-0.25, -0.2) is 9.18 Å². The first-order valence-electron chi connectivity index (χ1n) is 10.5. The third kappa shape index (κ3) is 3.39. The average molecular weight is 420 g/mol. The number of fused-ring (bicyclic) bond motifs is 1. The number of hydrogen-bond acceptors (Lipinski definition) is 6. The summed E-state index contributed by atoms with van der Waals surface area (Å²) in [6.07, 6.45) is 3.04. The Balaban J connectivity index is 1.77. The molecule has 2 fully saturated rings. The zero-order valence-corrected chi connectivity index (χ0v) is 17.7. The minimum absolute atomic E-state index is 0.00759. The van der Waals surface area contributed by atoms with Crippen molar-refractivity contribution in [2.45, 2.75) is 51.8 Å². The average Bonchev–Trinajstić information content (AvgIpc) is 3.48. The Morgan fingerprint density at radius 1 is 1.30 bits per heavy atom. The lowest BCUT2D eigenvalue weighted by Gasteiger charge is -2.24. The van der Waals surface area contributed by atoms with Gasteiger partial charge in [0.1, 0.15) is 12.0 Å². The zero-order valence-electron chi connectivity index (χ0n) is 17.7. The van der Waals surface area contributed by atoms with E-state index in [2.05, 4.69) is 6.92 Å². The molecule has 30 heavy (non-hydrogen) atoms. The molecule has 0 spiro atoms. The van der Waals surface area contributed by atoms with Gasteiger partial charge < -0.3 is 21.2 Å². The molecule has 1 aromatic carbocycles. The normalized spacial score (nSPS) is 22.8. The number of nitrogen functional groups attached to an aromatic ring is 1. The van der Waals surface area contributed by atoms with E-state index in [1.807, 2.05) is 4.90 Å². The monoisotopic (exact) mass is 419 g/mol. The Bertz CT molecular complexity index is 1090. The highest BCUT2D eigenvalue weighted by atomic mass is 19.1. The molecule has 3 atom stereocenters. The van der Waals surface area contributed by atoms with E-state index in [1.165, 1.54) is 6.07 Å². The molecule has 1 aromatic heterocycles. The van der Waals surface area contributed by atoms with Crippen LogP contribution in [-0.2, 0) is 4.74 Å². The van der Waals surface area contributed by atoms with Crippen LogP contribution in [0.5, 0.6) is 0 Å². The summed E-state index contributed by atoms with van der Waals surface area (Å²) in [5.41, 5.74) is 6.25.